The van der Waals surface area contributed by atoms with E-state index < -0.39 is 29.4 Å². The van der Waals surface area contributed by atoms with Crippen molar-refractivity contribution in [2.24, 2.45) is 0 Å². The zero-order valence-electron chi connectivity index (χ0n) is 13.2. The lowest BCUT2D eigenvalue weighted by atomic mass is 10.0. The number of carboxylic acids is 1. The van der Waals surface area contributed by atoms with Gasteiger partial charge in [-0.05, 0) is 30.8 Å². The lowest BCUT2D eigenvalue weighted by Crippen LogP contribution is -2.14. The first kappa shape index (κ1) is 21.4. The highest BCUT2D eigenvalue weighted by Gasteiger charge is 2.36. The lowest BCUT2D eigenvalue weighted by molar-refractivity contribution is -0.143. The highest BCUT2D eigenvalue weighted by Crippen LogP contribution is 2.36. The summed E-state index contributed by atoms with van der Waals surface area (Å²) < 4.78 is 74.3. The molecular weight excluding hydrogens is 368 g/mol. The fourth-order valence-electron chi connectivity index (χ4n) is 1.74. The molecule has 2 N–H and O–H groups in total. The van der Waals surface area contributed by atoms with Crippen molar-refractivity contribution in [3.05, 3.63) is 59.2 Å². The number of halogens is 6. The predicted molar refractivity (Wildman–Crippen MR) is 78.2 cm³/mol. The average molecular weight is 381 g/mol. The molecule has 142 valence electrons. The topological polar surface area (TPSA) is 75.1 Å². The number of rotatable bonds is 3. The SMILES string of the molecule is CNCc1cc(C(F)(F)F)cc(C(F)(F)F)c1.O=C(O)c1cncnc1. The van der Waals surface area contributed by atoms with Crippen LogP contribution >= 0.6 is 0 Å². The van der Waals surface area contributed by atoms with E-state index in [-0.39, 0.29) is 23.7 Å². The fraction of sp³-hybridized carbons (Fsp3) is 0.267. The van der Waals surface area contributed by atoms with Crippen LogP contribution in [-0.2, 0) is 18.9 Å². The van der Waals surface area contributed by atoms with Crippen LogP contribution in [0.1, 0.15) is 27.0 Å². The van der Waals surface area contributed by atoms with E-state index in [1.54, 1.807) is 0 Å². The number of nitrogens with zero attached hydrogens (tertiary/aromatic N) is 2. The molecule has 0 saturated heterocycles. The molecule has 0 radical (unpaired) electrons. The minimum atomic E-state index is -4.79. The van der Waals surface area contributed by atoms with Gasteiger partial charge in [0.2, 0.25) is 0 Å². The first-order valence-corrected chi connectivity index (χ1v) is 6.86. The number of carboxylic acid groups (broad SMARTS) is 1. The Morgan fingerprint density at radius 1 is 1.00 bits per heavy atom. The summed E-state index contributed by atoms with van der Waals surface area (Å²) in [4.78, 5) is 17.1. The van der Waals surface area contributed by atoms with Gasteiger partial charge in [-0.1, -0.05) is 0 Å². The largest absolute Gasteiger partial charge is 0.478 e. The molecule has 26 heavy (non-hydrogen) atoms. The molecule has 0 aliphatic heterocycles. The van der Waals surface area contributed by atoms with Gasteiger partial charge in [0, 0.05) is 18.9 Å². The maximum Gasteiger partial charge on any atom is 0.416 e. The van der Waals surface area contributed by atoms with E-state index in [1.807, 2.05) is 0 Å². The molecule has 1 aromatic heterocycles. The number of aromatic carboxylic acids is 1. The Morgan fingerprint density at radius 3 is 1.77 bits per heavy atom. The molecule has 0 saturated carbocycles. The van der Waals surface area contributed by atoms with Crippen LogP contribution in [0, 0.1) is 0 Å². The standard InChI is InChI=1S/C10H9F6N.C5H4N2O2/c1-17-5-6-2-7(9(11,12)13)4-8(3-6)10(14,15)16;8-5(9)4-1-6-3-7-2-4/h2-4,17H,5H2,1H3;1-3H,(H,8,9). The molecule has 0 amide bonds. The van der Waals surface area contributed by atoms with E-state index in [9.17, 15) is 31.1 Å². The van der Waals surface area contributed by atoms with E-state index in [0.29, 0.717) is 12.1 Å². The van der Waals surface area contributed by atoms with E-state index in [0.717, 1.165) is 0 Å². The molecule has 2 aromatic rings. The van der Waals surface area contributed by atoms with Crippen LogP contribution in [0.2, 0.25) is 0 Å². The zero-order valence-corrected chi connectivity index (χ0v) is 13.2. The maximum absolute atomic E-state index is 12.4. The van der Waals surface area contributed by atoms with Crippen LogP contribution in [0.5, 0.6) is 0 Å². The molecule has 0 fully saturated rings. The van der Waals surface area contributed by atoms with E-state index in [2.05, 4.69) is 15.3 Å². The monoisotopic (exact) mass is 381 g/mol. The summed E-state index contributed by atoms with van der Waals surface area (Å²) in [6, 6.07) is 1.51. The van der Waals surface area contributed by atoms with Crippen molar-refractivity contribution in [3.63, 3.8) is 0 Å². The minimum Gasteiger partial charge on any atom is -0.478 e. The van der Waals surface area contributed by atoms with Crippen LogP contribution < -0.4 is 5.32 Å². The van der Waals surface area contributed by atoms with Crippen molar-refractivity contribution < 1.29 is 36.2 Å². The van der Waals surface area contributed by atoms with Gasteiger partial charge in [-0.2, -0.15) is 26.3 Å². The fourth-order valence-corrected chi connectivity index (χ4v) is 1.74. The molecule has 0 bridgehead atoms. The predicted octanol–water partition coefficient (Wildman–Crippen LogP) is 3.62. The number of benzene rings is 1. The molecular formula is C15H13F6N3O2. The van der Waals surface area contributed by atoms with Gasteiger partial charge in [0.1, 0.15) is 6.33 Å². The molecule has 1 aromatic carbocycles. The Balaban J connectivity index is 0.000000314. The average Bonchev–Trinajstić information content (AvgIpc) is 2.55. The van der Waals surface area contributed by atoms with Crippen LogP contribution in [0.15, 0.2) is 36.9 Å². The van der Waals surface area contributed by atoms with Gasteiger partial charge in [-0.25, -0.2) is 14.8 Å². The summed E-state index contributed by atoms with van der Waals surface area (Å²) in [6.07, 6.45) is -5.80. The second-order valence-corrected chi connectivity index (χ2v) is 4.88. The third-order valence-electron chi connectivity index (χ3n) is 2.84. The number of hydrogen-bond donors (Lipinski definition) is 2. The maximum atomic E-state index is 12.4. The molecule has 0 atom stereocenters. The molecule has 0 spiro atoms. The smallest absolute Gasteiger partial charge is 0.416 e. The van der Waals surface area contributed by atoms with E-state index in [1.165, 1.54) is 25.8 Å². The van der Waals surface area contributed by atoms with Crippen molar-refractivity contribution in [1.82, 2.24) is 15.3 Å². The van der Waals surface area contributed by atoms with Gasteiger partial charge in [0.05, 0.1) is 16.7 Å². The molecule has 0 aliphatic carbocycles. The van der Waals surface area contributed by atoms with Gasteiger partial charge in [-0.3, -0.25) is 0 Å². The van der Waals surface area contributed by atoms with E-state index in [4.69, 9.17) is 5.11 Å². The lowest BCUT2D eigenvalue weighted by Gasteiger charge is -2.13. The van der Waals surface area contributed by atoms with Crippen LogP contribution in [0.3, 0.4) is 0 Å². The number of hydrogen-bond acceptors (Lipinski definition) is 4. The normalized spacial score (nSPS) is 11.5. The second-order valence-electron chi connectivity index (χ2n) is 4.88. The van der Waals surface area contributed by atoms with Crippen molar-refractivity contribution in [3.8, 4) is 0 Å². The summed E-state index contributed by atoms with van der Waals surface area (Å²) in [6.45, 7) is -0.0625. The van der Waals surface area contributed by atoms with Gasteiger partial charge < -0.3 is 10.4 Å². The Hall–Kier alpha value is -2.69. The summed E-state index contributed by atoms with van der Waals surface area (Å²) in [7, 11) is 1.44. The Morgan fingerprint density at radius 2 is 1.46 bits per heavy atom. The first-order chi connectivity index (χ1) is 11.9. The number of alkyl halides is 6. The van der Waals surface area contributed by atoms with Crippen LogP contribution in [0.25, 0.3) is 0 Å². The summed E-state index contributed by atoms with van der Waals surface area (Å²) in [5.41, 5.74) is -2.54. The van der Waals surface area contributed by atoms with Crippen LogP contribution in [-0.4, -0.2) is 28.1 Å². The quantitative estimate of drug-likeness (QED) is 0.795. The number of aromatic nitrogens is 2. The van der Waals surface area contributed by atoms with Crippen molar-refractivity contribution in [1.29, 1.82) is 0 Å². The summed E-state index contributed by atoms with van der Waals surface area (Å²) in [5, 5.41) is 10.8. The van der Waals surface area contributed by atoms with Crippen molar-refractivity contribution in [2.45, 2.75) is 18.9 Å². The Kier molecular flexibility index (Phi) is 7.07. The van der Waals surface area contributed by atoms with Crippen molar-refractivity contribution in [2.75, 3.05) is 7.05 Å². The Labute approximate surface area is 143 Å². The third-order valence-corrected chi connectivity index (χ3v) is 2.84. The van der Waals surface area contributed by atoms with Crippen molar-refractivity contribution >= 4 is 5.97 Å². The number of carbonyl (C=O) groups is 1. The minimum absolute atomic E-state index is 0.0605. The number of nitrogens with one attached hydrogen (secondary N) is 1. The van der Waals surface area contributed by atoms with Gasteiger partial charge in [0.15, 0.2) is 0 Å². The molecule has 11 heteroatoms. The molecule has 0 unspecified atom stereocenters. The summed E-state index contributed by atoms with van der Waals surface area (Å²) >= 11 is 0. The first-order valence-electron chi connectivity index (χ1n) is 6.86. The third kappa shape index (κ3) is 6.67. The zero-order chi connectivity index (χ0) is 20.0. The van der Waals surface area contributed by atoms with Gasteiger partial charge >= 0.3 is 18.3 Å². The molecule has 1 heterocycles. The highest BCUT2D eigenvalue weighted by atomic mass is 19.4. The van der Waals surface area contributed by atoms with Gasteiger partial charge in [0.25, 0.3) is 0 Å². The Bertz CT molecular complexity index is 700. The van der Waals surface area contributed by atoms with Gasteiger partial charge in [-0.15, -0.1) is 0 Å². The highest BCUT2D eigenvalue weighted by molar-refractivity contribution is 5.86. The summed E-state index contributed by atoms with van der Waals surface area (Å²) in [5.74, 6) is -1.00. The van der Waals surface area contributed by atoms with Crippen LogP contribution in [0.4, 0.5) is 26.3 Å². The molecule has 0 aliphatic rings. The molecule has 2 rings (SSSR count). The molecule has 5 nitrogen and oxygen atoms in total. The van der Waals surface area contributed by atoms with E-state index >= 15 is 0 Å². The second kappa shape index (κ2) is 8.61.